The van der Waals surface area contributed by atoms with Crippen LogP contribution in [0.3, 0.4) is 0 Å². The van der Waals surface area contributed by atoms with Crippen molar-refractivity contribution >= 4 is 17.8 Å². The lowest BCUT2D eigenvalue weighted by Gasteiger charge is -2.06. The molecule has 26 heavy (non-hydrogen) atoms. The summed E-state index contributed by atoms with van der Waals surface area (Å²) in [5.74, 6) is 0.674. The summed E-state index contributed by atoms with van der Waals surface area (Å²) in [7, 11) is 0. The van der Waals surface area contributed by atoms with Crippen molar-refractivity contribution in [3.8, 4) is 11.5 Å². The first-order chi connectivity index (χ1) is 12.5. The van der Waals surface area contributed by atoms with Gasteiger partial charge in [-0.1, -0.05) is 26.0 Å². The van der Waals surface area contributed by atoms with Crippen LogP contribution in [0, 0.1) is 10.1 Å². The van der Waals surface area contributed by atoms with Gasteiger partial charge in [0.2, 0.25) is 6.79 Å². The monoisotopic (exact) mass is 355 g/mol. The summed E-state index contributed by atoms with van der Waals surface area (Å²) in [5.41, 5.74) is 3.96. The van der Waals surface area contributed by atoms with Crippen molar-refractivity contribution in [2.24, 2.45) is 5.10 Å². The molecule has 3 rings (SSSR count). The number of amides is 1. The molecule has 0 bridgehead atoms. The van der Waals surface area contributed by atoms with Gasteiger partial charge < -0.3 is 9.47 Å². The number of carbonyl (C=O) groups is 1. The maximum absolute atomic E-state index is 12.1. The number of benzene rings is 2. The fourth-order valence-corrected chi connectivity index (χ4v) is 2.45. The van der Waals surface area contributed by atoms with Crippen molar-refractivity contribution in [2.45, 2.75) is 19.8 Å². The molecule has 1 N–H and O–H groups in total. The Morgan fingerprint density at radius 2 is 1.88 bits per heavy atom. The number of ether oxygens (including phenoxy) is 2. The average molecular weight is 355 g/mol. The topological polar surface area (TPSA) is 103 Å². The number of nitro benzene ring substituents is 1. The van der Waals surface area contributed by atoms with Crippen LogP contribution in [0.2, 0.25) is 0 Å². The highest BCUT2D eigenvalue weighted by molar-refractivity contribution is 5.95. The molecule has 0 aromatic heterocycles. The molecular formula is C18H17N3O5. The van der Waals surface area contributed by atoms with Gasteiger partial charge in [0.05, 0.1) is 22.8 Å². The molecule has 8 nitrogen and oxygen atoms in total. The van der Waals surface area contributed by atoms with Crippen LogP contribution >= 0.6 is 0 Å². The van der Waals surface area contributed by atoms with Crippen LogP contribution in [-0.4, -0.2) is 23.8 Å². The molecular weight excluding hydrogens is 338 g/mol. The summed E-state index contributed by atoms with van der Waals surface area (Å²) in [5, 5.41) is 15.0. The van der Waals surface area contributed by atoms with E-state index in [0.29, 0.717) is 23.0 Å². The quantitative estimate of drug-likeness (QED) is 0.504. The van der Waals surface area contributed by atoms with Gasteiger partial charge in [-0.2, -0.15) is 5.10 Å². The highest BCUT2D eigenvalue weighted by atomic mass is 16.7. The zero-order chi connectivity index (χ0) is 18.7. The third kappa shape index (κ3) is 3.64. The van der Waals surface area contributed by atoms with E-state index in [1.54, 1.807) is 12.1 Å². The predicted octanol–water partition coefficient (Wildman–Crippen LogP) is 3.21. The van der Waals surface area contributed by atoms with Gasteiger partial charge in [-0.3, -0.25) is 14.9 Å². The lowest BCUT2D eigenvalue weighted by atomic mass is 10.0. The Kier molecular flexibility index (Phi) is 4.83. The van der Waals surface area contributed by atoms with Gasteiger partial charge in [0.15, 0.2) is 11.5 Å². The minimum absolute atomic E-state index is 0.0101. The van der Waals surface area contributed by atoms with E-state index in [2.05, 4.69) is 24.4 Å². The van der Waals surface area contributed by atoms with Gasteiger partial charge in [0.1, 0.15) is 0 Å². The van der Waals surface area contributed by atoms with Crippen molar-refractivity contribution in [3.05, 3.63) is 63.2 Å². The molecule has 1 amide bonds. The lowest BCUT2D eigenvalue weighted by Crippen LogP contribution is -2.17. The van der Waals surface area contributed by atoms with E-state index in [1.807, 2.05) is 12.1 Å². The summed E-state index contributed by atoms with van der Waals surface area (Å²) in [6.45, 7) is 4.14. The van der Waals surface area contributed by atoms with E-state index < -0.39 is 10.8 Å². The Morgan fingerprint density at radius 3 is 2.50 bits per heavy atom. The SMILES string of the molecule is CC(C)c1ccc(C(=O)N/N=C/c2cc3c(cc2[N+](=O)[O-])OCO3)cc1. The summed E-state index contributed by atoms with van der Waals surface area (Å²) in [4.78, 5) is 22.8. The first kappa shape index (κ1) is 17.4. The van der Waals surface area contributed by atoms with E-state index >= 15 is 0 Å². The van der Waals surface area contributed by atoms with Crippen molar-refractivity contribution in [3.63, 3.8) is 0 Å². The van der Waals surface area contributed by atoms with Crippen LogP contribution in [0.15, 0.2) is 41.5 Å². The van der Waals surface area contributed by atoms with Crippen molar-refractivity contribution < 1.29 is 19.2 Å². The number of nitrogens with one attached hydrogen (secondary N) is 1. The molecule has 0 saturated carbocycles. The van der Waals surface area contributed by atoms with E-state index in [9.17, 15) is 14.9 Å². The number of rotatable bonds is 5. The van der Waals surface area contributed by atoms with Gasteiger partial charge >= 0.3 is 0 Å². The van der Waals surface area contributed by atoms with Crippen LogP contribution in [0.5, 0.6) is 11.5 Å². The molecule has 0 radical (unpaired) electrons. The Balaban J connectivity index is 1.74. The second-order valence-electron chi connectivity index (χ2n) is 6.00. The molecule has 1 aliphatic rings. The minimum Gasteiger partial charge on any atom is -0.454 e. The highest BCUT2D eigenvalue weighted by Crippen LogP contribution is 2.37. The first-order valence-corrected chi connectivity index (χ1v) is 7.97. The molecule has 0 spiro atoms. The number of hydrogen-bond acceptors (Lipinski definition) is 6. The second kappa shape index (κ2) is 7.22. The zero-order valence-electron chi connectivity index (χ0n) is 14.3. The van der Waals surface area contributed by atoms with Crippen LogP contribution in [0.1, 0.15) is 41.3 Å². The van der Waals surface area contributed by atoms with Crippen LogP contribution in [0.4, 0.5) is 5.69 Å². The average Bonchev–Trinajstić information content (AvgIpc) is 3.08. The maximum atomic E-state index is 12.1. The summed E-state index contributed by atoms with van der Waals surface area (Å²) >= 11 is 0. The molecule has 2 aromatic carbocycles. The Hall–Kier alpha value is -3.42. The Labute approximate surface area is 149 Å². The number of nitro groups is 1. The summed E-state index contributed by atoms with van der Waals surface area (Å²) in [6, 6.07) is 9.91. The number of fused-ring (bicyclic) bond motifs is 1. The standard InChI is InChI=1S/C18H17N3O5/c1-11(2)12-3-5-13(6-4-12)18(22)20-19-9-14-7-16-17(26-10-25-16)8-15(14)21(23)24/h3-9,11H,10H2,1-2H3,(H,20,22)/b19-9+. The molecule has 8 heteroatoms. The summed E-state index contributed by atoms with van der Waals surface area (Å²) < 4.78 is 10.3. The second-order valence-corrected chi connectivity index (χ2v) is 6.00. The Bertz CT molecular complexity index is 875. The number of hydrazone groups is 1. The molecule has 0 saturated heterocycles. The maximum Gasteiger partial charge on any atom is 0.282 e. The third-order valence-corrected chi connectivity index (χ3v) is 3.93. The van der Waals surface area contributed by atoms with E-state index in [4.69, 9.17) is 9.47 Å². The smallest absolute Gasteiger partial charge is 0.282 e. The zero-order valence-corrected chi connectivity index (χ0v) is 14.3. The van der Waals surface area contributed by atoms with E-state index in [1.165, 1.54) is 18.3 Å². The molecule has 0 atom stereocenters. The largest absolute Gasteiger partial charge is 0.454 e. The van der Waals surface area contributed by atoms with E-state index in [0.717, 1.165) is 5.56 Å². The molecule has 134 valence electrons. The van der Waals surface area contributed by atoms with Crippen molar-refractivity contribution in [1.29, 1.82) is 0 Å². The molecule has 1 heterocycles. The number of hydrogen-bond donors (Lipinski definition) is 1. The molecule has 1 aliphatic heterocycles. The molecule has 2 aromatic rings. The van der Waals surface area contributed by atoms with Gasteiger partial charge in [0, 0.05) is 5.56 Å². The number of carbonyl (C=O) groups excluding carboxylic acids is 1. The third-order valence-electron chi connectivity index (χ3n) is 3.93. The summed E-state index contributed by atoms with van der Waals surface area (Å²) in [6.07, 6.45) is 1.21. The molecule has 0 aliphatic carbocycles. The minimum atomic E-state index is -0.546. The van der Waals surface area contributed by atoms with Crippen LogP contribution in [0.25, 0.3) is 0 Å². The fourth-order valence-electron chi connectivity index (χ4n) is 2.45. The first-order valence-electron chi connectivity index (χ1n) is 7.97. The lowest BCUT2D eigenvalue weighted by molar-refractivity contribution is -0.385. The van der Waals surface area contributed by atoms with Gasteiger partial charge in [-0.05, 0) is 29.7 Å². The highest BCUT2D eigenvalue weighted by Gasteiger charge is 2.22. The van der Waals surface area contributed by atoms with Gasteiger partial charge in [-0.15, -0.1) is 0 Å². The normalized spacial score (nSPS) is 12.6. The fraction of sp³-hybridized carbons (Fsp3) is 0.222. The van der Waals surface area contributed by atoms with E-state index in [-0.39, 0.29) is 18.0 Å². The molecule has 0 fully saturated rings. The van der Waals surface area contributed by atoms with Crippen LogP contribution < -0.4 is 14.9 Å². The Morgan fingerprint density at radius 1 is 1.23 bits per heavy atom. The molecule has 0 unspecified atom stereocenters. The van der Waals surface area contributed by atoms with Crippen molar-refractivity contribution in [1.82, 2.24) is 5.43 Å². The van der Waals surface area contributed by atoms with Gasteiger partial charge in [-0.25, -0.2) is 5.43 Å². The van der Waals surface area contributed by atoms with Crippen LogP contribution in [-0.2, 0) is 0 Å². The van der Waals surface area contributed by atoms with Gasteiger partial charge in [0.25, 0.3) is 11.6 Å². The predicted molar refractivity (Wildman–Crippen MR) is 94.8 cm³/mol. The number of nitrogens with zero attached hydrogens (tertiary/aromatic N) is 2. The van der Waals surface area contributed by atoms with Crippen molar-refractivity contribution in [2.75, 3.05) is 6.79 Å².